The van der Waals surface area contributed by atoms with Crippen LogP contribution in [0.5, 0.6) is 0 Å². The fourth-order valence-corrected chi connectivity index (χ4v) is 4.17. The Bertz CT molecular complexity index is 1100. The fourth-order valence-electron chi connectivity index (χ4n) is 4.17. The molecule has 3 aromatic rings. The van der Waals surface area contributed by atoms with E-state index in [1.807, 2.05) is 13.0 Å². The van der Waals surface area contributed by atoms with E-state index in [2.05, 4.69) is 55.5 Å². The predicted molar refractivity (Wildman–Crippen MR) is 128 cm³/mol. The van der Waals surface area contributed by atoms with Crippen molar-refractivity contribution in [1.29, 1.82) is 0 Å². The van der Waals surface area contributed by atoms with Crippen molar-refractivity contribution in [1.82, 2.24) is 14.9 Å². The number of piperazine rings is 1. The van der Waals surface area contributed by atoms with Gasteiger partial charge in [-0.2, -0.15) is 0 Å². The van der Waals surface area contributed by atoms with Crippen LogP contribution in [0.4, 0.5) is 22.9 Å². The molecule has 0 spiro atoms. The lowest BCUT2D eigenvalue weighted by molar-refractivity contribution is -0.383. The summed E-state index contributed by atoms with van der Waals surface area (Å²) in [5, 5.41) is 18.7. The van der Waals surface area contributed by atoms with Crippen molar-refractivity contribution in [3.8, 4) is 0 Å². The summed E-state index contributed by atoms with van der Waals surface area (Å²) in [6, 6.07) is 11.6. The van der Waals surface area contributed by atoms with Gasteiger partial charge in [0.25, 0.3) is 5.69 Å². The van der Waals surface area contributed by atoms with Gasteiger partial charge < -0.3 is 20.4 Å². The minimum absolute atomic E-state index is 0.0198. The molecule has 0 amide bonds. The van der Waals surface area contributed by atoms with E-state index in [4.69, 9.17) is 0 Å². The molecule has 32 heavy (non-hydrogen) atoms. The molecule has 1 saturated heterocycles. The zero-order chi connectivity index (χ0) is 22.5. The normalized spacial score (nSPS) is 14.5. The maximum absolute atomic E-state index is 11.6. The van der Waals surface area contributed by atoms with Crippen LogP contribution in [0.15, 0.2) is 42.7 Å². The number of nitro groups is 1. The number of nitrogens with one attached hydrogen (secondary N) is 2. The van der Waals surface area contributed by atoms with Crippen LogP contribution in [-0.2, 0) is 6.54 Å². The van der Waals surface area contributed by atoms with Crippen molar-refractivity contribution in [2.45, 2.75) is 20.4 Å². The van der Waals surface area contributed by atoms with Gasteiger partial charge in [0.15, 0.2) is 0 Å². The molecule has 0 saturated carbocycles. The topological polar surface area (TPSA) is 99.5 Å². The average molecular weight is 436 g/mol. The van der Waals surface area contributed by atoms with Gasteiger partial charge in [-0.1, -0.05) is 25.1 Å². The molecule has 4 rings (SSSR count). The zero-order valence-electron chi connectivity index (χ0n) is 18.5. The Kier molecular flexibility index (Phi) is 6.65. The molecule has 9 nitrogen and oxygen atoms in total. The Balaban J connectivity index is 1.59. The van der Waals surface area contributed by atoms with Crippen LogP contribution < -0.4 is 15.5 Å². The molecule has 2 aromatic carbocycles. The highest BCUT2D eigenvalue weighted by Gasteiger charge is 2.19. The molecule has 0 unspecified atom stereocenters. The quantitative estimate of drug-likeness (QED) is 0.408. The van der Waals surface area contributed by atoms with Crippen LogP contribution >= 0.6 is 0 Å². The average Bonchev–Trinajstić information content (AvgIpc) is 2.82. The summed E-state index contributed by atoms with van der Waals surface area (Å²) in [6.45, 7) is 10.5. The number of rotatable bonds is 8. The fraction of sp³-hybridized carbons (Fsp3) is 0.391. The van der Waals surface area contributed by atoms with Gasteiger partial charge in [-0.25, -0.2) is 9.97 Å². The van der Waals surface area contributed by atoms with Crippen LogP contribution in [0.2, 0.25) is 0 Å². The summed E-state index contributed by atoms with van der Waals surface area (Å²) in [5.74, 6) is 0.590. The smallest absolute Gasteiger partial charge is 0.293 e. The van der Waals surface area contributed by atoms with Crippen molar-refractivity contribution >= 4 is 33.8 Å². The Labute approximate surface area is 187 Å². The Morgan fingerprint density at radius 2 is 1.84 bits per heavy atom. The molecular formula is C23H29N7O2. The molecule has 2 heterocycles. The van der Waals surface area contributed by atoms with E-state index in [9.17, 15) is 10.1 Å². The number of anilines is 3. The first-order valence-electron chi connectivity index (χ1n) is 11.1. The SMILES string of the molecule is CCNc1cc2ncnc(NCc3ccccc3N3CCN(CC)CC3)c2cc1[N+](=O)[O-]. The third-order valence-electron chi connectivity index (χ3n) is 5.91. The number of likely N-dealkylation sites (N-methyl/N-ethyl adjacent to an activating group) is 1. The minimum Gasteiger partial charge on any atom is -0.380 e. The van der Waals surface area contributed by atoms with Crippen LogP contribution in [0.3, 0.4) is 0 Å². The van der Waals surface area contributed by atoms with E-state index < -0.39 is 0 Å². The van der Waals surface area contributed by atoms with E-state index in [-0.39, 0.29) is 10.6 Å². The van der Waals surface area contributed by atoms with Gasteiger partial charge in [0.1, 0.15) is 17.8 Å². The summed E-state index contributed by atoms with van der Waals surface area (Å²) in [5.41, 5.74) is 3.53. The van der Waals surface area contributed by atoms with E-state index in [1.165, 1.54) is 17.6 Å². The van der Waals surface area contributed by atoms with E-state index >= 15 is 0 Å². The zero-order valence-corrected chi connectivity index (χ0v) is 18.5. The van der Waals surface area contributed by atoms with E-state index in [0.717, 1.165) is 32.7 Å². The Morgan fingerprint density at radius 3 is 2.56 bits per heavy atom. The third-order valence-corrected chi connectivity index (χ3v) is 5.91. The van der Waals surface area contributed by atoms with Crippen molar-refractivity contribution in [2.75, 3.05) is 54.8 Å². The standard InChI is InChI=1S/C23H29N7O2/c1-3-24-20-14-19-18(13-22(20)30(31)32)23(27-16-26-19)25-15-17-7-5-6-8-21(17)29-11-9-28(4-2)10-12-29/h5-8,13-14,16,24H,3-4,9-12,15H2,1-2H3,(H,25,26,27). The number of nitro benzene ring substituents is 1. The van der Waals surface area contributed by atoms with Gasteiger partial charge in [-0.05, 0) is 31.2 Å². The molecular weight excluding hydrogens is 406 g/mol. The van der Waals surface area contributed by atoms with Gasteiger partial charge in [0.05, 0.1) is 10.4 Å². The number of fused-ring (bicyclic) bond motifs is 1. The molecule has 1 aliphatic heterocycles. The van der Waals surface area contributed by atoms with Crippen molar-refractivity contribution < 1.29 is 4.92 Å². The van der Waals surface area contributed by atoms with Crippen molar-refractivity contribution in [3.05, 3.63) is 58.4 Å². The first-order chi connectivity index (χ1) is 15.6. The molecule has 0 atom stereocenters. The van der Waals surface area contributed by atoms with Crippen molar-refractivity contribution in [2.24, 2.45) is 0 Å². The summed E-state index contributed by atoms with van der Waals surface area (Å²) in [7, 11) is 0. The maximum atomic E-state index is 11.6. The highest BCUT2D eigenvalue weighted by Crippen LogP contribution is 2.32. The Hall–Kier alpha value is -3.46. The molecule has 1 aliphatic rings. The largest absolute Gasteiger partial charge is 0.380 e. The predicted octanol–water partition coefficient (Wildman–Crippen LogP) is 3.72. The molecule has 1 fully saturated rings. The maximum Gasteiger partial charge on any atom is 0.293 e. The van der Waals surface area contributed by atoms with Crippen molar-refractivity contribution in [3.63, 3.8) is 0 Å². The summed E-state index contributed by atoms with van der Waals surface area (Å²) < 4.78 is 0. The second-order valence-corrected chi connectivity index (χ2v) is 7.80. The highest BCUT2D eigenvalue weighted by atomic mass is 16.6. The van der Waals surface area contributed by atoms with E-state index in [1.54, 1.807) is 12.1 Å². The van der Waals surface area contributed by atoms with E-state index in [0.29, 0.717) is 35.5 Å². The Morgan fingerprint density at radius 1 is 1.06 bits per heavy atom. The number of aromatic nitrogens is 2. The van der Waals surface area contributed by atoms with Gasteiger partial charge in [-0.3, -0.25) is 10.1 Å². The lowest BCUT2D eigenvalue weighted by Gasteiger charge is -2.36. The van der Waals surface area contributed by atoms with Crippen LogP contribution in [0, 0.1) is 10.1 Å². The first kappa shape index (κ1) is 21.8. The number of para-hydroxylation sites is 1. The molecule has 0 radical (unpaired) electrons. The molecule has 168 valence electrons. The molecule has 1 aromatic heterocycles. The monoisotopic (exact) mass is 435 g/mol. The number of benzene rings is 2. The number of hydrogen-bond acceptors (Lipinski definition) is 8. The third kappa shape index (κ3) is 4.57. The van der Waals surface area contributed by atoms with Gasteiger partial charge >= 0.3 is 0 Å². The van der Waals surface area contributed by atoms with Gasteiger partial charge in [0.2, 0.25) is 0 Å². The molecule has 0 aliphatic carbocycles. The molecule has 0 bridgehead atoms. The lowest BCUT2D eigenvalue weighted by Crippen LogP contribution is -2.46. The minimum atomic E-state index is -0.376. The number of nitrogens with zero attached hydrogens (tertiary/aromatic N) is 5. The molecule has 9 heteroatoms. The second-order valence-electron chi connectivity index (χ2n) is 7.80. The lowest BCUT2D eigenvalue weighted by atomic mass is 10.1. The van der Waals surface area contributed by atoms with Crippen LogP contribution in [0.1, 0.15) is 19.4 Å². The molecule has 2 N–H and O–H groups in total. The van der Waals surface area contributed by atoms with Gasteiger partial charge in [-0.15, -0.1) is 0 Å². The number of hydrogen-bond donors (Lipinski definition) is 2. The summed E-state index contributed by atoms with van der Waals surface area (Å²) in [4.78, 5) is 24.8. The first-order valence-corrected chi connectivity index (χ1v) is 11.1. The summed E-state index contributed by atoms with van der Waals surface area (Å²) in [6.07, 6.45) is 1.49. The second kappa shape index (κ2) is 9.78. The highest BCUT2D eigenvalue weighted by molar-refractivity contribution is 5.94. The van der Waals surface area contributed by atoms with Crippen LogP contribution in [0.25, 0.3) is 10.9 Å². The van der Waals surface area contributed by atoms with Crippen LogP contribution in [-0.4, -0.2) is 59.1 Å². The van der Waals surface area contributed by atoms with Gasteiger partial charge in [0, 0.05) is 56.4 Å². The summed E-state index contributed by atoms with van der Waals surface area (Å²) >= 11 is 0.